The smallest absolute Gasteiger partial charge is 0.348 e. The molecule has 2 N–H and O–H groups in total. The highest BCUT2D eigenvalue weighted by Gasteiger charge is 2.39. The number of rotatable bonds is 2. The minimum absolute atomic E-state index is 0. The molecule has 3 aromatic rings. The molecule has 0 unspecified atom stereocenters. The summed E-state index contributed by atoms with van der Waals surface area (Å²) in [7, 11) is 0. The first kappa shape index (κ1) is 23.1. The Morgan fingerprint density at radius 2 is 1.74 bits per heavy atom. The Morgan fingerprint density at radius 1 is 1.06 bits per heavy atom. The van der Waals surface area contributed by atoms with Crippen molar-refractivity contribution in [2.24, 2.45) is 0 Å². The van der Waals surface area contributed by atoms with Crippen LogP contribution < -0.4 is 10.6 Å². The highest BCUT2D eigenvalue weighted by atomic mass is 35.5. The highest BCUT2D eigenvalue weighted by Crippen LogP contribution is 2.38. The molecule has 0 radical (unpaired) electrons. The number of imidazole rings is 1. The van der Waals surface area contributed by atoms with Crippen LogP contribution in [-0.2, 0) is 12.4 Å². The predicted molar refractivity (Wildman–Crippen MR) is 101 cm³/mol. The maximum atomic E-state index is 13.4. The number of halogens is 7. The van der Waals surface area contributed by atoms with Crippen molar-refractivity contribution >= 4 is 35.0 Å². The van der Waals surface area contributed by atoms with Gasteiger partial charge in [0.1, 0.15) is 22.7 Å². The van der Waals surface area contributed by atoms with Crippen molar-refractivity contribution in [2.45, 2.75) is 31.2 Å². The van der Waals surface area contributed by atoms with Gasteiger partial charge in [-0.2, -0.15) is 26.3 Å². The number of carbonyl (C=O) groups excluding carboxylic acids is 1. The number of fused-ring (bicyclic) bond motifs is 3. The molecule has 13 heteroatoms. The molecule has 1 amide bonds. The van der Waals surface area contributed by atoms with Crippen LogP contribution in [0.5, 0.6) is 0 Å². The second-order valence-corrected chi connectivity index (χ2v) is 6.97. The van der Waals surface area contributed by atoms with E-state index in [9.17, 15) is 31.1 Å². The van der Waals surface area contributed by atoms with Gasteiger partial charge in [-0.15, -0.1) is 12.4 Å². The number of hydrogen-bond donors (Lipinski definition) is 2. The quantitative estimate of drug-likeness (QED) is 0.562. The van der Waals surface area contributed by atoms with Gasteiger partial charge in [-0.05, 0) is 44.1 Å². The lowest BCUT2D eigenvalue weighted by Crippen LogP contribution is -2.42. The molecule has 0 aliphatic carbocycles. The van der Waals surface area contributed by atoms with Gasteiger partial charge in [0.05, 0.1) is 5.56 Å². The van der Waals surface area contributed by atoms with Crippen LogP contribution in [0.4, 0.5) is 26.3 Å². The van der Waals surface area contributed by atoms with Crippen LogP contribution in [0.15, 0.2) is 24.4 Å². The number of alkyl halides is 6. The minimum atomic E-state index is -5.08. The Balaban J connectivity index is 0.00000272. The van der Waals surface area contributed by atoms with Crippen LogP contribution in [0.2, 0.25) is 0 Å². The topological polar surface area (TPSA) is 71.3 Å². The average Bonchev–Trinajstić information content (AvgIpc) is 3.11. The number of nitrogens with one attached hydrogen (secondary N) is 2. The van der Waals surface area contributed by atoms with Crippen molar-refractivity contribution in [3.8, 4) is 0 Å². The van der Waals surface area contributed by atoms with Crippen LogP contribution in [0.1, 0.15) is 34.6 Å². The van der Waals surface area contributed by atoms with Gasteiger partial charge in [0.25, 0.3) is 5.91 Å². The van der Waals surface area contributed by atoms with E-state index in [2.05, 4.69) is 20.6 Å². The van der Waals surface area contributed by atoms with E-state index in [1.165, 1.54) is 6.07 Å². The van der Waals surface area contributed by atoms with Gasteiger partial charge in [0.2, 0.25) is 0 Å². The lowest BCUT2D eigenvalue weighted by atomic mass is 10.1. The highest BCUT2D eigenvalue weighted by molar-refractivity contribution is 5.94. The van der Waals surface area contributed by atoms with Gasteiger partial charge >= 0.3 is 12.4 Å². The van der Waals surface area contributed by atoms with Crippen LogP contribution in [0.3, 0.4) is 0 Å². The zero-order chi connectivity index (χ0) is 21.7. The number of nitrogens with zero attached hydrogens (tertiary/aromatic N) is 3. The summed E-state index contributed by atoms with van der Waals surface area (Å²) in [6.07, 6.45) is -7.60. The number of aromatic nitrogens is 3. The third kappa shape index (κ3) is 4.54. The summed E-state index contributed by atoms with van der Waals surface area (Å²) in [5, 5.41) is 5.40. The molecule has 0 spiro atoms. The van der Waals surface area contributed by atoms with Crippen molar-refractivity contribution < 1.29 is 31.1 Å². The van der Waals surface area contributed by atoms with E-state index in [0.29, 0.717) is 12.8 Å². The molecule has 4 rings (SSSR count). The minimum Gasteiger partial charge on any atom is -0.348 e. The van der Waals surface area contributed by atoms with Gasteiger partial charge < -0.3 is 10.6 Å². The summed E-state index contributed by atoms with van der Waals surface area (Å²) in [5.74, 6) is -0.554. The molecule has 1 aliphatic heterocycles. The van der Waals surface area contributed by atoms with E-state index >= 15 is 0 Å². The predicted octanol–water partition coefficient (Wildman–Crippen LogP) is 3.82. The number of amides is 1. The molecule has 0 atom stereocenters. The summed E-state index contributed by atoms with van der Waals surface area (Å²) in [6.45, 7) is 1.45. The number of hydrogen-bond acceptors (Lipinski definition) is 4. The average molecular weight is 468 g/mol. The third-order valence-electron chi connectivity index (χ3n) is 4.90. The zero-order valence-electron chi connectivity index (χ0n) is 15.6. The van der Waals surface area contributed by atoms with Crippen LogP contribution in [0.25, 0.3) is 16.7 Å². The molecule has 0 aromatic carbocycles. The first-order chi connectivity index (χ1) is 14.0. The van der Waals surface area contributed by atoms with Crippen molar-refractivity contribution in [1.29, 1.82) is 0 Å². The first-order valence-electron chi connectivity index (χ1n) is 9.03. The summed E-state index contributed by atoms with van der Waals surface area (Å²) in [4.78, 5) is 19.9. The zero-order valence-corrected chi connectivity index (χ0v) is 16.5. The lowest BCUT2D eigenvalue weighted by Gasteiger charge is -2.23. The van der Waals surface area contributed by atoms with E-state index < -0.39 is 40.6 Å². The van der Waals surface area contributed by atoms with E-state index in [1.807, 2.05) is 0 Å². The molecule has 3 aromatic heterocycles. The van der Waals surface area contributed by atoms with E-state index in [1.54, 1.807) is 0 Å². The number of carbonyl (C=O) groups is 1. The Kier molecular flexibility index (Phi) is 6.07. The second kappa shape index (κ2) is 8.15. The maximum absolute atomic E-state index is 13.4. The monoisotopic (exact) mass is 467 g/mol. The fraction of sp³-hybridized carbons (Fsp3) is 0.389. The van der Waals surface area contributed by atoms with Crippen molar-refractivity contribution in [3.63, 3.8) is 0 Å². The normalized spacial score (nSPS) is 15.8. The fourth-order valence-electron chi connectivity index (χ4n) is 3.44. The lowest BCUT2D eigenvalue weighted by molar-refractivity contribution is -0.144. The summed E-state index contributed by atoms with van der Waals surface area (Å²) < 4.78 is 80.6. The molecule has 1 fully saturated rings. The molecule has 0 bridgehead atoms. The van der Waals surface area contributed by atoms with Gasteiger partial charge in [0, 0.05) is 17.6 Å². The third-order valence-corrected chi connectivity index (χ3v) is 4.90. The Hall–Kier alpha value is -2.60. The first-order valence-corrected chi connectivity index (χ1v) is 9.03. The molecule has 1 aliphatic rings. The molecule has 4 heterocycles. The van der Waals surface area contributed by atoms with Gasteiger partial charge in [-0.25, -0.2) is 9.97 Å². The second-order valence-electron chi connectivity index (χ2n) is 6.97. The van der Waals surface area contributed by atoms with E-state index in [-0.39, 0.29) is 35.9 Å². The maximum Gasteiger partial charge on any atom is 0.433 e. The van der Waals surface area contributed by atoms with Gasteiger partial charge in [-0.1, -0.05) is 0 Å². The molecule has 0 saturated carbocycles. The molecule has 6 nitrogen and oxygen atoms in total. The largest absolute Gasteiger partial charge is 0.433 e. The fourth-order valence-corrected chi connectivity index (χ4v) is 3.44. The number of pyridine rings is 2. The molecule has 31 heavy (non-hydrogen) atoms. The van der Waals surface area contributed by atoms with Crippen molar-refractivity contribution in [2.75, 3.05) is 13.1 Å². The molecular weight excluding hydrogens is 452 g/mol. The number of piperidine rings is 1. The molecule has 1 saturated heterocycles. The van der Waals surface area contributed by atoms with Crippen LogP contribution >= 0.6 is 12.4 Å². The summed E-state index contributed by atoms with van der Waals surface area (Å²) >= 11 is 0. The van der Waals surface area contributed by atoms with Gasteiger partial charge in [-0.3, -0.25) is 9.20 Å². The Morgan fingerprint density at radius 3 is 2.35 bits per heavy atom. The Bertz CT molecular complexity index is 1120. The summed E-state index contributed by atoms with van der Waals surface area (Å²) in [6, 6.07) is 2.10. The Labute approximate surface area is 177 Å². The standard InChI is InChI=1S/C18H15F6N5O.ClH/c19-17(20,21)11-7-13(18(22,23)24)28-15-10(11)1-2-14-27-12(8-29(14)15)16(30)26-9-3-5-25-6-4-9;/h1-2,7-9,25H,3-6H2,(H,26,30);1H. The van der Waals surface area contributed by atoms with Gasteiger partial charge in [0.15, 0.2) is 0 Å². The molecular formula is C18H16ClF6N5O. The summed E-state index contributed by atoms with van der Waals surface area (Å²) in [5.41, 5.74) is -3.82. The molecule has 168 valence electrons. The SMILES string of the molecule is Cl.O=C(NC1CCNCC1)c1cn2c(ccc3c(C(F)(F)F)cc(C(F)(F)F)nc32)n1. The van der Waals surface area contributed by atoms with Crippen molar-refractivity contribution in [1.82, 2.24) is 25.0 Å². The van der Waals surface area contributed by atoms with E-state index in [0.717, 1.165) is 29.8 Å². The van der Waals surface area contributed by atoms with Crippen LogP contribution in [0, 0.1) is 0 Å². The van der Waals surface area contributed by atoms with E-state index in [4.69, 9.17) is 0 Å². The van der Waals surface area contributed by atoms with Crippen molar-refractivity contribution in [3.05, 3.63) is 41.3 Å². The van der Waals surface area contributed by atoms with Crippen LogP contribution in [-0.4, -0.2) is 39.4 Å².